The van der Waals surface area contributed by atoms with Crippen LogP contribution in [-0.2, 0) is 5.41 Å². The molecule has 1 aromatic carbocycles. The fourth-order valence-electron chi connectivity index (χ4n) is 1.99. The van der Waals surface area contributed by atoms with Crippen molar-refractivity contribution in [1.82, 2.24) is 4.98 Å². The molecule has 18 heavy (non-hydrogen) atoms. The molecular weight excluding hydrogens is 226 g/mol. The number of hydrogen-bond donors (Lipinski definition) is 1. The van der Waals surface area contributed by atoms with Gasteiger partial charge in [-0.2, -0.15) is 0 Å². The number of ether oxygens (including phenoxy) is 1. The monoisotopic (exact) mass is 245 g/mol. The molecule has 0 bridgehead atoms. The Hall–Kier alpha value is -1.77. The summed E-state index contributed by atoms with van der Waals surface area (Å²) in [7, 11) is 1.63. The molecule has 1 N–H and O–H groups in total. The highest BCUT2D eigenvalue weighted by Crippen LogP contribution is 2.36. The number of pyridine rings is 1. The predicted molar refractivity (Wildman–Crippen MR) is 73.3 cm³/mol. The van der Waals surface area contributed by atoms with Crippen LogP contribution in [0.2, 0.25) is 0 Å². The second-order valence-corrected chi connectivity index (χ2v) is 5.13. The van der Waals surface area contributed by atoms with Crippen LogP contribution in [0.3, 0.4) is 0 Å². The molecule has 1 aromatic heterocycles. The molecule has 0 aliphatic heterocycles. The Morgan fingerprint density at radius 1 is 1.33 bits per heavy atom. The Kier molecular flexibility index (Phi) is 3.16. The Morgan fingerprint density at radius 3 is 2.67 bits per heavy atom. The van der Waals surface area contributed by atoms with E-state index >= 15 is 0 Å². The van der Waals surface area contributed by atoms with E-state index in [0.29, 0.717) is 0 Å². The summed E-state index contributed by atoms with van der Waals surface area (Å²) in [6, 6.07) is 7.47. The zero-order valence-corrected chi connectivity index (χ0v) is 11.3. The van der Waals surface area contributed by atoms with Crippen LogP contribution in [0.15, 0.2) is 24.3 Å². The Bertz CT molecular complexity index is 576. The SMILES string of the molecule is CCC(C)(C)c1nc2c(OC)cccc2cc1O. The van der Waals surface area contributed by atoms with Crippen molar-refractivity contribution in [2.75, 3.05) is 7.11 Å². The number of aromatic nitrogens is 1. The van der Waals surface area contributed by atoms with Gasteiger partial charge in [0.1, 0.15) is 17.0 Å². The minimum absolute atomic E-state index is 0.154. The van der Waals surface area contributed by atoms with Crippen molar-refractivity contribution >= 4 is 10.9 Å². The minimum atomic E-state index is -0.154. The van der Waals surface area contributed by atoms with Gasteiger partial charge in [0, 0.05) is 10.8 Å². The fraction of sp³-hybridized carbons (Fsp3) is 0.400. The van der Waals surface area contributed by atoms with Gasteiger partial charge in [0.15, 0.2) is 0 Å². The van der Waals surface area contributed by atoms with Gasteiger partial charge in [-0.3, -0.25) is 0 Å². The van der Waals surface area contributed by atoms with Crippen molar-refractivity contribution in [3.63, 3.8) is 0 Å². The number of benzene rings is 1. The molecule has 0 fully saturated rings. The van der Waals surface area contributed by atoms with Crippen molar-refractivity contribution in [3.05, 3.63) is 30.0 Å². The molecule has 0 unspecified atom stereocenters. The lowest BCUT2D eigenvalue weighted by atomic mass is 9.85. The number of para-hydroxylation sites is 1. The van der Waals surface area contributed by atoms with E-state index in [1.807, 2.05) is 18.2 Å². The Morgan fingerprint density at radius 2 is 2.06 bits per heavy atom. The molecule has 2 aromatic rings. The van der Waals surface area contributed by atoms with Gasteiger partial charge >= 0.3 is 0 Å². The molecule has 0 saturated carbocycles. The highest BCUT2D eigenvalue weighted by Gasteiger charge is 2.24. The van der Waals surface area contributed by atoms with Gasteiger partial charge in [0.25, 0.3) is 0 Å². The summed E-state index contributed by atoms with van der Waals surface area (Å²) in [4.78, 5) is 4.61. The molecule has 0 spiro atoms. The van der Waals surface area contributed by atoms with Crippen LogP contribution in [0.1, 0.15) is 32.9 Å². The first-order valence-corrected chi connectivity index (χ1v) is 6.17. The van der Waals surface area contributed by atoms with E-state index in [9.17, 15) is 5.11 Å². The van der Waals surface area contributed by atoms with Crippen LogP contribution >= 0.6 is 0 Å². The molecule has 0 aliphatic carbocycles. The van der Waals surface area contributed by atoms with E-state index in [-0.39, 0.29) is 11.2 Å². The third-order valence-electron chi connectivity index (χ3n) is 3.53. The van der Waals surface area contributed by atoms with Gasteiger partial charge in [-0.1, -0.05) is 32.9 Å². The number of fused-ring (bicyclic) bond motifs is 1. The quantitative estimate of drug-likeness (QED) is 0.897. The lowest BCUT2D eigenvalue weighted by Gasteiger charge is -2.23. The molecule has 0 atom stereocenters. The summed E-state index contributed by atoms with van der Waals surface area (Å²) < 4.78 is 5.32. The molecular formula is C15H19NO2. The maximum atomic E-state index is 10.1. The van der Waals surface area contributed by atoms with Gasteiger partial charge in [-0.25, -0.2) is 4.98 Å². The van der Waals surface area contributed by atoms with E-state index in [0.717, 1.165) is 28.8 Å². The normalized spacial score (nSPS) is 11.8. The lowest BCUT2D eigenvalue weighted by molar-refractivity contribution is 0.412. The third kappa shape index (κ3) is 2.01. The van der Waals surface area contributed by atoms with Crippen LogP contribution in [0.4, 0.5) is 0 Å². The average molecular weight is 245 g/mol. The second-order valence-electron chi connectivity index (χ2n) is 5.13. The third-order valence-corrected chi connectivity index (χ3v) is 3.53. The first-order valence-electron chi connectivity index (χ1n) is 6.17. The van der Waals surface area contributed by atoms with Crippen molar-refractivity contribution in [3.8, 4) is 11.5 Å². The number of rotatable bonds is 3. The van der Waals surface area contributed by atoms with E-state index in [4.69, 9.17) is 4.74 Å². The van der Waals surface area contributed by atoms with Crippen LogP contribution in [0.25, 0.3) is 10.9 Å². The van der Waals surface area contributed by atoms with E-state index in [1.54, 1.807) is 13.2 Å². The summed E-state index contributed by atoms with van der Waals surface area (Å²) >= 11 is 0. The van der Waals surface area contributed by atoms with E-state index < -0.39 is 0 Å². The topological polar surface area (TPSA) is 42.4 Å². The van der Waals surface area contributed by atoms with Gasteiger partial charge in [-0.15, -0.1) is 0 Å². The first kappa shape index (κ1) is 12.7. The summed E-state index contributed by atoms with van der Waals surface area (Å²) in [5, 5.41) is 11.0. The minimum Gasteiger partial charge on any atom is -0.506 e. The summed E-state index contributed by atoms with van der Waals surface area (Å²) in [6.45, 7) is 6.25. The standard InChI is InChI=1S/C15H19NO2/c1-5-15(2,3)14-11(17)9-10-7-6-8-12(18-4)13(10)16-14/h6-9,17H,5H2,1-4H3. The Balaban J connectivity index is 2.74. The van der Waals surface area contributed by atoms with Crippen LogP contribution < -0.4 is 4.74 Å². The molecule has 2 rings (SSSR count). The number of nitrogens with zero attached hydrogens (tertiary/aromatic N) is 1. The van der Waals surface area contributed by atoms with Gasteiger partial charge in [0.2, 0.25) is 0 Å². The number of methoxy groups -OCH3 is 1. The molecule has 96 valence electrons. The molecule has 3 nitrogen and oxygen atoms in total. The van der Waals surface area contributed by atoms with Crippen molar-refractivity contribution in [1.29, 1.82) is 0 Å². The maximum absolute atomic E-state index is 10.1. The van der Waals surface area contributed by atoms with E-state index in [1.165, 1.54) is 0 Å². The molecule has 0 amide bonds. The number of aromatic hydroxyl groups is 1. The van der Waals surface area contributed by atoms with Crippen molar-refractivity contribution < 1.29 is 9.84 Å². The fourth-order valence-corrected chi connectivity index (χ4v) is 1.99. The highest BCUT2D eigenvalue weighted by molar-refractivity contribution is 5.86. The van der Waals surface area contributed by atoms with Gasteiger partial charge < -0.3 is 9.84 Å². The molecule has 3 heteroatoms. The average Bonchev–Trinajstić information content (AvgIpc) is 2.36. The largest absolute Gasteiger partial charge is 0.506 e. The lowest BCUT2D eigenvalue weighted by Crippen LogP contribution is -2.17. The van der Waals surface area contributed by atoms with Crippen LogP contribution in [0, 0.1) is 0 Å². The Labute approximate surface area is 107 Å². The molecule has 1 heterocycles. The molecule has 0 aliphatic rings. The predicted octanol–water partition coefficient (Wildman–Crippen LogP) is 3.64. The first-order chi connectivity index (χ1) is 8.49. The second kappa shape index (κ2) is 4.48. The maximum Gasteiger partial charge on any atom is 0.145 e. The van der Waals surface area contributed by atoms with Crippen LogP contribution in [-0.4, -0.2) is 17.2 Å². The molecule has 0 saturated heterocycles. The summed E-state index contributed by atoms with van der Waals surface area (Å²) in [6.07, 6.45) is 0.911. The van der Waals surface area contributed by atoms with Crippen molar-refractivity contribution in [2.45, 2.75) is 32.6 Å². The van der Waals surface area contributed by atoms with Gasteiger partial charge in [0.05, 0.1) is 12.8 Å². The summed E-state index contributed by atoms with van der Waals surface area (Å²) in [5.41, 5.74) is 1.37. The molecule has 0 radical (unpaired) electrons. The highest BCUT2D eigenvalue weighted by atomic mass is 16.5. The van der Waals surface area contributed by atoms with Crippen LogP contribution in [0.5, 0.6) is 11.5 Å². The van der Waals surface area contributed by atoms with E-state index in [2.05, 4.69) is 25.8 Å². The zero-order chi connectivity index (χ0) is 13.3. The summed E-state index contributed by atoms with van der Waals surface area (Å²) in [5.74, 6) is 0.989. The smallest absolute Gasteiger partial charge is 0.145 e. The number of hydrogen-bond acceptors (Lipinski definition) is 3. The van der Waals surface area contributed by atoms with Crippen molar-refractivity contribution in [2.24, 2.45) is 0 Å². The van der Waals surface area contributed by atoms with Gasteiger partial charge in [-0.05, 0) is 18.6 Å². The zero-order valence-electron chi connectivity index (χ0n) is 11.3.